The number of anilines is 1. The molecule has 1 aromatic carbocycles. The smallest absolute Gasteiger partial charge is 0.319 e. The summed E-state index contributed by atoms with van der Waals surface area (Å²) in [5, 5.41) is 5.68. The van der Waals surface area contributed by atoms with Gasteiger partial charge < -0.3 is 21.1 Å². The fourth-order valence-electron chi connectivity index (χ4n) is 2.47. The Morgan fingerprint density at radius 1 is 1.29 bits per heavy atom. The van der Waals surface area contributed by atoms with Gasteiger partial charge in [-0.1, -0.05) is 12.1 Å². The summed E-state index contributed by atoms with van der Waals surface area (Å²) in [6.45, 7) is 2.12. The Labute approximate surface area is 126 Å². The van der Waals surface area contributed by atoms with Crippen molar-refractivity contribution < 1.29 is 9.53 Å². The molecule has 21 heavy (non-hydrogen) atoms. The number of hydrogen-bond donors (Lipinski definition) is 3. The second-order valence-corrected chi connectivity index (χ2v) is 5.41. The number of rotatable bonds is 7. The van der Waals surface area contributed by atoms with Crippen LogP contribution in [0, 0.1) is 0 Å². The van der Waals surface area contributed by atoms with E-state index in [1.54, 1.807) is 0 Å². The minimum atomic E-state index is -0.160. The van der Waals surface area contributed by atoms with E-state index in [4.69, 9.17) is 10.5 Å². The van der Waals surface area contributed by atoms with Gasteiger partial charge >= 0.3 is 6.03 Å². The topological polar surface area (TPSA) is 76.4 Å². The molecule has 116 valence electrons. The van der Waals surface area contributed by atoms with Crippen molar-refractivity contribution in [3.8, 4) is 0 Å². The lowest BCUT2D eigenvalue weighted by Gasteiger charge is -2.10. The predicted octanol–water partition coefficient (Wildman–Crippen LogP) is 2.62. The Morgan fingerprint density at radius 3 is 2.76 bits per heavy atom. The lowest BCUT2D eigenvalue weighted by molar-refractivity contribution is 0.102. The molecule has 2 amide bonds. The fraction of sp³-hybridized carbons (Fsp3) is 0.562. The van der Waals surface area contributed by atoms with E-state index in [-0.39, 0.29) is 6.03 Å². The van der Waals surface area contributed by atoms with Gasteiger partial charge in [0.15, 0.2) is 0 Å². The summed E-state index contributed by atoms with van der Waals surface area (Å²) in [5.74, 6) is 0. The summed E-state index contributed by atoms with van der Waals surface area (Å²) in [6.07, 6.45) is 6.00. The first-order chi connectivity index (χ1) is 10.3. The Morgan fingerprint density at radius 2 is 2.10 bits per heavy atom. The molecule has 1 heterocycles. The number of urea groups is 1. The Hall–Kier alpha value is -1.59. The van der Waals surface area contributed by atoms with E-state index in [9.17, 15) is 4.79 Å². The zero-order valence-corrected chi connectivity index (χ0v) is 12.4. The molecule has 0 aromatic heterocycles. The highest BCUT2D eigenvalue weighted by atomic mass is 16.5. The van der Waals surface area contributed by atoms with Gasteiger partial charge in [-0.05, 0) is 49.8 Å². The van der Waals surface area contributed by atoms with E-state index in [1.807, 2.05) is 24.3 Å². The molecule has 1 fully saturated rings. The van der Waals surface area contributed by atoms with Crippen molar-refractivity contribution in [2.24, 2.45) is 5.73 Å². The molecular weight excluding hydrogens is 266 g/mol. The molecule has 0 radical (unpaired) electrons. The van der Waals surface area contributed by atoms with Crippen LogP contribution in [0.3, 0.4) is 0 Å². The van der Waals surface area contributed by atoms with Crippen molar-refractivity contribution in [1.29, 1.82) is 0 Å². The summed E-state index contributed by atoms with van der Waals surface area (Å²) in [4.78, 5) is 11.7. The molecule has 4 N–H and O–H groups in total. The van der Waals surface area contributed by atoms with Gasteiger partial charge in [-0.2, -0.15) is 0 Å². The van der Waals surface area contributed by atoms with Crippen LogP contribution in [0.1, 0.15) is 37.7 Å². The summed E-state index contributed by atoms with van der Waals surface area (Å²) in [5.41, 5.74) is 7.36. The molecule has 5 heteroatoms. The highest BCUT2D eigenvalue weighted by molar-refractivity contribution is 5.89. The zero-order valence-electron chi connectivity index (χ0n) is 12.4. The SMILES string of the molecule is NCc1ccc(NC(=O)NCCCCC2CCCO2)cc1. The second kappa shape index (κ2) is 8.64. The minimum absolute atomic E-state index is 0.160. The molecule has 0 aliphatic carbocycles. The molecule has 0 bridgehead atoms. The van der Waals surface area contributed by atoms with Gasteiger partial charge in [-0.3, -0.25) is 0 Å². The monoisotopic (exact) mass is 291 g/mol. The highest BCUT2D eigenvalue weighted by Crippen LogP contribution is 2.17. The molecule has 0 spiro atoms. The van der Waals surface area contributed by atoms with E-state index in [0.717, 1.165) is 37.1 Å². The third-order valence-corrected chi connectivity index (χ3v) is 3.71. The van der Waals surface area contributed by atoms with Crippen molar-refractivity contribution >= 4 is 11.7 Å². The second-order valence-electron chi connectivity index (χ2n) is 5.41. The molecule has 1 atom stereocenters. The van der Waals surface area contributed by atoms with Crippen molar-refractivity contribution in [2.45, 2.75) is 44.8 Å². The van der Waals surface area contributed by atoms with Gasteiger partial charge in [0, 0.05) is 25.4 Å². The number of hydrogen-bond acceptors (Lipinski definition) is 3. The minimum Gasteiger partial charge on any atom is -0.378 e. The first-order valence-corrected chi connectivity index (χ1v) is 7.73. The van der Waals surface area contributed by atoms with Gasteiger partial charge in [0.2, 0.25) is 0 Å². The van der Waals surface area contributed by atoms with Gasteiger partial charge in [0.05, 0.1) is 6.10 Å². The maximum Gasteiger partial charge on any atom is 0.319 e. The number of unbranched alkanes of at least 4 members (excludes halogenated alkanes) is 1. The molecule has 1 aliphatic rings. The predicted molar refractivity (Wildman–Crippen MR) is 84.2 cm³/mol. The third-order valence-electron chi connectivity index (χ3n) is 3.71. The van der Waals surface area contributed by atoms with Crippen LogP contribution in [-0.2, 0) is 11.3 Å². The number of ether oxygens (including phenoxy) is 1. The molecule has 1 saturated heterocycles. The van der Waals surface area contributed by atoms with E-state index in [2.05, 4.69) is 10.6 Å². The number of amides is 2. The fourth-order valence-corrected chi connectivity index (χ4v) is 2.47. The highest BCUT2D eigenvalue weighted by Gasteiger charge is 2.14. The van der Waals surface area contributed by atoms with Crippen LogP contribution in [0.2, 0.25) is 0 Å². The average Bonchev–Trinajstić information content (AvgIpc) is 3.01. The van der Waals surface area contributed by atoms with Crippen LogP contribution < -0.4 is 16.4 Å². The van der Waals surface area contributed by atoms with E-state index in [0.29, 0.717) is 19.2 Å². The van der Waals surface area contributed by atoms with E-state index < -0.39 is 0 Å². The Bertz CT molecular complexity index is 428. The number of carbonyl (C=O) groups is 1. The van der Waals surface area contributed by atoms with Crippen LogP contribution in [0.15, 0.2) is 24.3 Å². The van der Waals surface area contributed by atoms with E-state index in [1.165, 1.54) is 12.8 Å². The van der Waals surface area contributed by atoms with Gasteiger partial charge in [0.25, 0.3) is 0 Å². The Kier molecular flexibility index (Phi) is 6.50. The lowest BCUT2D eigenvalue weighted by atomic mass is 10.1. The maximum atomic E-state index is 11.7. The van der Waals surface area contributed by atoms with Crippen LogP contribution in [-0.4, -0.2) is 25.3 Å². The van der Waals surface area contributed by atoms with Crippen LogP contribution in [0.5, 0.6) is 0 Å². The lowest BCUT2D eigenvalue weighted by Crippen LogP contribution is -2.29. The number of benzene rings is 1. The van der Waals surface area contributed by atoms with Gasteiger partial charge in [-0.25, -0.2) is 4.79 Å². The van der Waals surface area contributed by atoms with Crippen LogP contribution in [0.25, 0.3) is 0 Å². The standard InChI is InChI=1S/C16H25N3O2/c17-12-13-6-8-14(9-7-13)19-16(20)18-10-2-1-4-15-5-3-11-21-15/h6-9,15H,1-5,10-12,17H2,(H2,18,19,20). The first kappa shape index (κ1) is 15.8. The average molecular weight is 291 g/mol. The normalized spacial score (nSPS) is 17.7. The van der Waals surface area contributed by atoms with Crippen LogP contribution >= 0.6 is 0 Å². The Balaban J connectivity index is 1.56. The number of nitrogens with one attached hydrogen (secondary N) is 2. The third kappa shape index (κ3) is 5.73. The van der Waals surface area contributed by atoms with Crippen molar-refractivity contribution in [3.05, 3.63) is 29.8 Å². The van der Waals surface area contributed by atoms with Crippen molar-refractivity contribution in [2.75, 3.05) is 18.5 Å². The quantitative estimate of drug-likeness (QED) is 0.676. The zero-order chi connectivity index (χ0) is 14.9. The van der Waals surface area contributed by atoms with Crippen molar-refractivity contribution in [3.63, 3.8) is 0 Å². The maximum absolute atomic E-state index is 11.7. The summed E-state index contributed by atoms with van der Waals surface area (Å²) >= 11 is 0. The van der Waals surface area contributed by atoms with Crippen LogP contribution in [0.4, 0.5) is 10.5 Å². The van der Waals surface area contributed by atoms with Gasteiger partial charge in [-0.15, -0.1) is 0 Å². The molecule has 2 rings (SSSR count). The largest absolute Gasteiger partial charge is 0.378 e. The molecule has 1 aliphatic heterocycles. The van der Waals surface area contributed by atoms with Gasteiger partial charge in [0.1, 0.15) is 0 Å². The molecule has 1 unspecified atom stereocenters. The number of nitrogens with two attached hydrogens (primary N) is 1. The molecule has 5 nitrogen and oxygen atoms in total. The molecular formula is C16H25N3O2. The molecule has 0 saturated carbocycles. The summed E-state index contributed by atoms with van der Waals surface area (Å²) < 4.78 is 5.57. The van der Waals surface area contributed by atoms with Crippen molar-refractivity contribution in [1.82, 2.24) is 5.32 Å². The number of carbonyl (C=O) groups excluding carboxylic acids is 1. The first-order valence-electron chi connectivity index (χ1n) is 7.73. The summed E-state index contributed by atoms with van der Waals surface area (Å²) in [7, 11) is 0. The molecule has 1 aromatic rings. The summed E-state index contributed by atoms with van der Waals surface area (Å²) in [6, 6.07) is 7.39. The van der Waals surface area contributed by atoms with E-state index >= 15 is 0 Å².